The van der Waals surface area contributed by atoms with Gasteiger partial charge in [0.1, 0.15) is 4.60 Å². The molecule has 14 heavy (non-hydrogen) atoms. The van der Waals surface area contributed by atoms with Crippen molar-refractivity contribution in [2.24, 2.45) is 7.05 Å². The van der Waals surface area contributed by atoms with E-state index in [0.717, 1.165) is 20.3 Å². The first-order valence-electron chi connectivity index (χ1n) is 4.13. The minimum Gasteiger partial charge on any atom is -0.261 e. The molecule has 2 nitrogen and oxygen atoms in total. The van der Waals surface area contributed by atoms with E-state index in [0.29, 0.717) is 0 Å². The van der Waals surface area contributed by atoms with Gasteiger partial charge in [-0.05, 0) is 28.1 Å². The maximum atomic E-state index is 4.38. The van der Waals surface area contributed by atoms with Crippen molar-refractivity contribution in [1.82, 2.24) is 9.78 Å². The van der Waals surface area contributed by atoms with Crippen LogP contribution in [0.1, 0.15) is 0 Å². The standard InChI is InChI=1S/C10H8Br2N2/c1-14-10(12)6-9(13-14)7-4-2-3-5-8(7)11/h2-6H,1H3. The molecule has 0 fully saturated rings. The molecule has 1 heterocycles. The molecule has 4 heteroatoms. The van der Waals surface area contributed by atoms with Gasteiger partial charge in [-0.1, -0.05) is 34.1 Å². The molecule has 2 aromatic rings. The molecule has 0 N–H and O–H groups in total. The Balaban J connectivity index is 2.55. The summed E-state index contributed by atoms with van der Waals surface area (Å²) in [5.74, 6) is 0. The van der Waals surface area contributed by atoms with Gasteiger partial charge < -0.3 is 0 Å². The maximum absolute atomic E-state index is 4.38. The molecular formula is C10H8Br2N2. The number of nitrogens with zero attached hydrogens (tertiary/aromatic N) is 2. The van der Waals surface area contributed by atoms with E-state index in [1.54, 1.807) is 4.68 Å². The van der Waals surface area contributed by atoms with E-state index in [9.17, 15) is 0 Å². The van der Waals surface area contributed by atoms with Crippen molar-refractivity contribution in [2.75, 3.05) is 0 Å². The van der Waals surface area contributed by atoms with Crippen LogP contribution in [0.3, 0.4) is 0 Å². The summed E-state index contributed by atoms with van der Waals surface area (Å²) in [4.78, 5) is 0. The fourth-order valence-corrected chi connectivity index (χ4v) is 2.03. The second kappa shape index (κ2) is 3.87. The lowest BCUT2D eigenvalue weighted by atomic mass is 10.2. The molecule has 0 saturated heterocycles. The first kappa shape index (κ1) is 9.93. The molecule has 0 amide bonds. The van der Waals surface area contributed by atoms with E-state index in [4.69, 9.17) is 0 Å². The zero-order valence-corrected chi connectivity index (χ0v) is 10.7. The van der Waals surface area contributed by atoms with Crippen LogP contribution in [0.15, 0.2) is 39.4 Å². The highest BCUT2D eigenvalue weighted by Crippen LogP contribution is 2.28. The Morgan fingerprint density at radius 2 is 1.93 bits per heavy atom. The number of rotatable bonds is 1. The van der Waals surface area contributed by atoms with Gasteiger partial charge in [0.05, 0.1) is 5.69 Å². The van der Waals surface area contributed by atoms with E-state index >= 15 is 0 Å². The van der Waals surface area contributed by atoms with Crippen LogP contribution < -0.4 is 0 Å². The molecule has 0 saturated carbocycles. The quantitative estimate of drug-likeness (QED) is 0.786. The lowest BCUT2D eigenvalue weighted by Crippen LogP contribution is -1.90. The van der Waals surface area contributed by atoms with Crippen molar-refractivity contribution < 1.29 is 0 Å². The molecule has 0 atom stereocenters. The minimum absolute atomic E-state index is 0.965. The summed E-state index contributed by atoms with van der Waals surface area (Å²) in [6.45, 7) is 0. The van der Waals surface area contributed by atoms with Crippen molar-refractivity contribution in [3.8, 4) is 11.3 Å². The van der Waals surface area contributed by atoms with Crippen molar-refractivity contribution in [1.29, 1.82) is 0 Å². The Morgan fingerprint density at radius 3 is 2.50 bits per heavy atom. The fraction of sp³-hybridized carbons (Fsp3) is 0.100. The van der Waals surface area contributed by atoms with Gasteiger partial charge in [-0.3, -0.25) is 4.68 Å². The Hall–Kier alpha value is -0.610. The van der Waals surface area contributed by atoms with Crippen molar-refractivity contribution in [3.05, 3.63) is 39.4 Å². The number of halogens is 2. The van der Waals surface area contributed by atoms with Crippen LogP contribution in [0, 0.1) is 0 Å². The first-order chi connectivity index (χ1) is 6.68. The van der Waals surface area contributed by atoms with Gasteiger partial charge in [-0.15, -0.1) is 0 Å². The third-order valence-electron chi connectivity index (χ3n) is 1.97. The molecular weight excluding hydrogens is 308 g/mol. The van der Waals surface area contributed by atoms with E-state index in [1.807, 2.05) is 37.4 Å². The first-order valence-corrected chi connectivity index (χ1v) is 5.71. The summed E-state index contributed by atoms with van der Waals surface area (Å²) in [5, 5.41) is 4.38. The molecule has 72 valence electrons. The van der Waals surface area contributed by atoms with Gasteiger partial charge in [-0.25, -0.2) is 0 Å². The predicted octanol–water partition coefficient (Wildman–Crippen LogP) is 3.61. The average Bonchev–Trinajstić information content (AvgIpc) is 2.48. The zero-order chi connectivity index (χ0) is 10.1. The van der Waals surface area contributed by atoms with Crippen LogP contribution >= 0.6 is 31.9 Å². The molecule has 0 bridgehead atoms. The second-order valence-electron chi connectivity index (χ2n) is 2.96. The molecule has 1 aromatic carbocycles. The molecule has 0 aliphatic carbocycles. The molecule has 0 aliphatic rings. The van der Waals surface area contributed by atoms with E-state index < -0.39 is 0 Å². The fourth-order valence-electron chi connectivity index (χ4n) is 1.25. The lowest BCUT2D eigenvalue weighted by molar-refractivity contribution is 0.752. The largest absolute Gasteiger partial charge is 0.261 e. The van der Waals surface area contributed by atoms with Crippen LogP contribution in [0.5, 0.6) is 0 Å². The topological polar surface area (TPSA) is 17.8 Å². The number of aromatic nitrogens is 2. The van der Waals surface area contributed by atoms with Gasteiger partial charge in [-0.2, -0.15) is 5.10 Å². The number of hydrogen-bond donors (Lipinski definition) is 0. The number of benzene rings is 1. The highest BCUT2D eigenvalue weighted by molar-refractivity contribution is 9.10. The van der Waals surface area contributed by atoms with E-state index in [2.05, 4.69) is 37.0 Å². The van der Waals surface area contributed by atoms with Gasteiger partial charge in [0.2, 0.25) is 0 Å². The maximum Gasteiger partial charge on any atom is 0.104 e. The smallest absolute Gasteiger partial charge is 0.104 e. The summed E-state index contributed by atoms with van der Waals surface area (Å²) in [7, 11) is 1.91. The Morgan fingerprint density at radius 1 is 1.21 bits per heavy atom. The minimum atomic E-state index is 0.965. The summed E-state index contributed by atoms with van der Waals surface area (Å²) in [5.41, 5.74) is 2.07. The van der Waals surface area contributed by atoms with Crippen LogP contribution in [0.2, 0.25) is 0 Å². The highest BCUT2D eigenvalue weighted by atomic mass is 79.9. The third kappa shape index (κ3) is 1.77. The predicted molar refractivity (Wildman–Crippen MR) is 64.0 cm³/mol. The normalized spacial score (nSPS) is 10.5. The summed E-state index contributed by atoms with van der Waals surface area (Å²) in [6.07, 6.45) is 0. The number of aryl methyl sites for hydroxylation is 1. The molecule has 0 aliphatic heterocycles. The van der Waals surface area contributed by atoms with Gasteiger partial charge in [0.25, 0.3) is 0 Å². The summed E-state index contributed by atoms with van der Waals surface area (Å²) >= 11 is 6.93. The van der Waals surface area contributed by atoms with Crippen molar-refractivity contribution >= 4 is 31.9 Å². The zero-order valence-electron chi connectivity index (χ0n) is 7.54. The highest BCUT2D eigenvalue weighted by Gasteiger charge is 2.07. The van der Waals surface area contributed by atoms with Crippen molar-refractivity contribution in [3.63, 3.8) is 0 Å². The van der Waals surface area contributed by atoms with Crippen molar-refractivity contribution in [2.45, 2.75) is 0 Å². The van der Waals surface area contributed by atoms with Gasteiger partial charge in [0, 0.05) is 17.1 Å². The number of hydrogen-bond acceptors (Lipinski definition) is 1. The summed E-state index contributed by atoms with van der Waals surface area (Å²) in [6, 6.07) is 10.0. The van der Waals surface area contributed by atoms with Gasteiger partial charge in [0.15, 0.2) is 0 Å². The second-order valence-corrected chi connectivity index (χ2v) is 4.62. The Labute approximate surface area is 99.2 Å². The van der Waals surface area contributed by atoms with Gasteiger partial charge >= 0.3 is 0 Å². The molecule has 2 rings (SSSR count). The van der Waals surface area contributed by atoms with Crippen LogP contribution in [0.25, 0.3) is 11.3 Å². The van der Waals surface area contributed by atoms with E-state index in [1.165, 1.54) is 0 Å². The van der Waals surface area contributed by atoms with Crippen LogP contribution in [-0.4, -0.2) is 9.78 Å². The molecule has 0 radical (unpaired) electrons. The Kier molecular flexibility index (Phi) is 2.74. The summed E-state index contributed by atoms with van der Waals surface area (Å²) < 4.78 is 3.84. The molecule has 0 spiro atoms. The van der Waals surface area contributed by atoms with Crippen LogP contribution in [-0.2, 0) is 7.05 Å². The Bertz CT molecular complexity index is 443. The lowest BCUT2D eigenvalue weighted by Gasteiger charge is -1.98. The average molecular weight is 316 g/mol. The third-order valence-corrected chi connectivity index (χ3v) is 3.41. The molecule has 1 aromatic heterocycles. The SMILES string of the molecule is Cn1nc(-c2ccccc2Br)cc1Br. The molecule has 0 unspecified atom stereocenters. The van der Waals surface area contributed by atoms with E-state index in [-0.39, 0.29) is 0 Å². The monoisotopic (exact) mass is 314 g/mol. The van der Waals surface area contributed by atoms with Crippen LogP contribution in [0.4, 0.5) is 0 Å².